The molecule has 0 fully saturated rings. The van der Waals surface area contributed by atoms with Gasteiger partial charge in [-0.1, -0.05) is 47.0 Å². The first-order chi connectivity index (χ1) is 12.0. The van der Waals surface area contributed by atoms with Crippen LogP contribution in [0, 0.1) is 19.7 Å². The lowest BCUT2D eigenvalue weighted by atomic mass is 10.2. The van der Waals surface area contributed by atoms with Crippen LogP contribution in [0.1, 0.15) is 21.7 Å². The molecule has 0 atom stereocenters. The van der Waals surface area contributed by atoms with E-state index in [1.54, 1.807) is 22.8 Å². The molecule has 8 heteroatoms. The van der Waals surface area contributed by atoms with Gasteiger partial charge in [0.05, 0.1) is 11.4 Å². The Balaban J connectivity index is 1.82. The molecular weight excluding hydrogens is 377 g/mol. The van der Waals surface area contributed by atoms with Gasteiger partial charge in [-0.3, -0.25) is 4.79 Å². The summed E-state index contributed by atoms with van der Waals surface area (Å²) in [7, 11) is 0. The molecule has 0 unspecified atom stereocenters. The van der Waals surface area contributed by atoms with Crippen LogP contribution in [-0.4, -0.2) is 32.6 Å². The van der Waals surface area contributed by atoms with Gasteiger partial charge >= 0.3 is 0 Å². The third-order valence-corrected chi connectivity index (χ3v) is 6.75. The number of nitrogens with zero attached hydrogens (tertiary/aromatic N) is 3. The second-order valence-electron chi connectivity index (χ2n) is 5.32. The van der Waals surface area contributed by atoms with E-state index < -0.39 is 0 Å². The predicted molar refractivity (Wildman–Crippen MR) is 102 cm³/mol. The molecule has 0 aliphatic rings. The Morgan fingerprint density at radius 2 is 1.96 bits per heavy atom. The first-order valence-corrected chi connectivity index (χ1v) is 10.5. The fourth-order valence-corrected chi connectivity index (χ4v) is 4.91. The average Bonchev–Trinajstić information content (AvgIpc) is 3.18. The van der Waals surface area contributed by atoms with Crippen LogP contribution in [0.5, 0.6) is 0 Å². The summed E-state index contributed by atoms with van der Waals surface area (Å²) in [6.07, 6.45) is 1.94. The third-order valence-electron chi connectivity index (χ3n) is 3.71. The summed E-state index contributed by atoms with van der Waals surface area (Å²) in [4.78, 5) is 12.6. The van der Waals surface area contributed by atoms with Crippen LogP contribution in [0.4, 0.5) is 4.39 Å². The van der Waals surface area contributed by atoms with Crippen molar-refractivity contribution in [3.05, 3.63) is 53.1 Å². The van der Waals surface area contributed by atoms with Gasteiger partial charge < -0.3 is 4.57 Å². The summed E-state index contributed by atoms with van der Waals surface area (Å²) < 4.78 is 17.6. The van der Waals surface area contributed by atoms with Crippen LogP contribution < -0.4 is 0 Å². The monoisotopic (exact) mass is 393 g/mol. The number of benzene rings is 1. The number of thioether (sulfide) groups is 2. The highest BCUT2D eigenvalue weighted by Crippen LogP contribution is 2.29. The van der Waals surface area contributed by atoms with Gasteiger partial charge in [0.2, 0.25) is 0 Å². The molecule has 0 amide bonds. The molecule has 0 aliphatic heterocycles. The van der Waals surface area contributed by atoms with E-state index in [1.165, 1.54) is 40.9 Å². The number of aromatic nitrogens is 3. The minimum atomic E-state index is -0.309. The zero-order valence-corrected chi connectivity index (χ0v) is 16.4. The van der Waals surface area contributed by atoms with E-state index in [-0.39, 0.29) is 17.4 Å². The molecular formula is C17H16FN3OS3. The van der Waals surface area contributed by atoms with Crippen LogP contribution in [0.2, 0.25) is 0 Å². The molecule has 1 aromatic carbocycles. The van der Waals surface area contributed by atoms with Gasteiger partial charge in [0.15, 0.2) is 14.5 Å². The fraction of sp³-hybridized carbons (Fsp3) is 0.235. The maximum Gasteiger partial charge on any atom is 0.175 e. The normalized spacial score (nSPS) is 11.0. The lowest BCUT2D eigenvalue weighted by molar-refractivity contribution is 0.102. The minimum absolute atomic E-state index is 0.00147. The molecule has 0 aliphatic carbocycles. The predicted octanol–water partition coefficient (Wildman–Crippen LogP) is 4.78. The summed E-state index contributed by atoms with van der Waals surface area (Å²) in [6.45, 7) is 3.72. The topological polar surface area (TPSA) is 47.8 Å². The summed E-state index contributed by atoms with van der Waals surface area (Å²) >= 11 is 4.39. The van der Waals surface area contributed by atoms with E-state index in [0.29, 0.717) is 11.3 Å². The van der Waals surface area contributed by atoms with Crippen molar-refractivity contribution in [3.63, 3.8) is 0 Å². The first-order valence-electron chi connectivity index (χ1n) is 7.48. The Bertz CT molecular complexity index is 920. The van der Waals surface area contributed by atoms with E-state index in [0.717, 1.165) is 20.1 Å². The van der Waals surface area contributed by atoms with Crippen LogP contribution in [-0.2, 0) is 0 Å². The third kappa shape index (κ3) is 3.80. The summed E-state index contributed by atoms with van der Waals surface area (Å²) in [5, 5.41) is 8.08. The number of carbonyl (C=O) groups is 1. The van der Waals surface area contributed by atoms with Gasteiger partial charge in [0.25, 0.3) is 0 Å². The summed E-state index contributed by atoms with van der Waals surface area (Å²) in [5.41, 5.74) is 2.65. The van der Waals surface area contributed by atoms with Crippen LogP contribution in [0.15, 0.2) is 39.0 Å². The van der Waals surface area contributed by atoms with Crippen LogP contribution in [0.25, 0.3) is 5.69 Å². The Kier molecular flexibility index (Phi) is 5.61. The van der Waals surface area contributed by atoms with Gasteiger partial charge in [-0.05, 0) is 38.3 Å². The number of para-hydroxylation sites is 1. The number of hydrogen-bond donors (Lipinski definition) is 0. The highest BCUT2D eigenvalue weighted by Gasteiger charge is 2.19. The SMILES string of the molecule is CSc1nnc(SCC(=O)c2cc(C)n(-c3ccccc3F)c2C)s1. The Hall–Kier alpha value is -1.64. The molecule has 0 bridgehead atoms. The zero-order valence-electron chi connectivity index (χ0n) is 13.9. The van der Waals surface area contributed by atoms with Crippen molar-refractivity contribution in [2.75, 3.05) is 12.0 Å². The number of hydrogen-bond acceptors (Lipinski definition) is 6. The smallest absolute Gasteiger partial charge is 0.175 e. The maximum absolute atomic E-state index is 14.1. The van der Waals surface area contributed by atoms with Crippen LogP contribution >= 0.6 is 34.9 Å². The van der Waals surface area contributed by atoms with E-state index >= 15 is 0 Å². The van der Waals surface area contributed by atoms with Crippen molar-refractivity contribution >= 4 is 40.6 Å². The van der Waals surface area contributed by atoms with Crippen molar-refractivity contribution in [2.45, 2.75) is 22.5 Å². The standard InChI is InChI=1S/C17H16FN3OS3/c1-10-8-12(11(2)21(10)14-7-5-4-6-13(14)18)15(22)9-24-17-20-19-16(23-3)25-17/h4-8H,9H2,1-3H3. The number of Topliss-reactive ketones (excluding diaryl/α,β-unsaturated/α-hetero) is 1. The van der Waals surface area contributed by atoms with Gasteiger partial charge in [0.1, 0.15) is 5.82 Å². The second kappa shape index (κ2) is 7.72. The molecule has 130 valence electrons. The number of carbonyl (C=O) groups excluding carboxylic acids is 1. The summed E-state index contributed by atoms with van der Waals surface area (Å²) in [5.74, 6) is -0.0253. The quantitative estimate of drug-likeness (QED) is 0.445. The molecule has 0 radical (unpaired) electrons. The Morgan fingerprint density at radius 1 is 1.24 bits per heavy atom. The molecule has 0 saturated heterocycles. The largest absolute Gasteiger partial charge is 0.315 e. The molecule has 0 saturated carbocycles. The van der Waals surface area contributed by atoms with E-state index in [1.807, 2.05) is 26.2 Å². The maximum atomic E-state index is 14.1. The molecule has 3 aromatic rings. The second-order valence-corrected chi connectivity index (χ2v) is 8.57. The molecule has 25 heavy (non-hydrogen) atoms. The van der Waals surface area contributed by atoms with Gasteiger partial charge in [-0.15, -0.1) is 10.2 Å². The molecule has 0 N–H and O–H groups in total. The van der Waals surface area contributed by atoms with Gasteiger partial charge in [-0.25, -0.2) is 4.39 Å². The lowest BCUT2D eigenvalue weighted by Crippen LogP contribution is -2.06. The van der Waals surface area contributed by atoms with Gasteiger partial charge in [-0.2, -0.15) is 0 Å². The number of halogens is 1. The highest BCUT2D eigenvalue weighted by atomic mass is 32.2. The minimum Gasteiger partial charge on any atom is -0.315 e. The molecule has 0 spiro atoms. The molecule has 3 rings (SSSR count). The van der Waals surface area contributed by atoms with Crippen molar-refractivity contribution in [1.82, 2.24) is 14.8 Å². The van der Waals surface area contributed by atoms with Crippen molar-refractivity contribution in [3.8, 4) is 5.69 Å². The molecule has 4 nitrogen and oxygen atoms in total. The van der Waals surface area contributed by atoms with Gasteiger partial charge in [0, 0.05) is 17.0 Å². The average molecular weight is 394 g/mol. The van der Waals surface area contributed by atoms with E-state index in [4.69, 9.17) is 0 Å². The number of rotatable bonds is 6. The molecule has 2 heterocycles. The Labute approximate surface area is 157 Å². The Morgan fingerprint density at radius 3 is 2.64 bits per heavy atom. The lowest BCUT2D eigenvalue weighted by Gasteiger charge is -2.10. The highest BCUT2D eigenvalue weighted by molar-refractivity contribution is 8.03. The number of aryl methyl sites for hydroxylation is 1. The van der Waals surface area contributed by atoms with Crippen molar-refractivity contribution in [1.29, 1.82) is 0 Å². The van der Waals surface area contributed by atoms with Crippen molar-refractivity contribution < 1.29 is 9.18 Å². The zero-order chi connectivity index (χ0) is 18.0. The molecule has 2 aromatic heterocycles. The first kappa shape index (κ1) is 18.2. The fourth-order valence-electron chi connectivity index (χ4n) is 2.59. The van der Waals surface area contributed by atoms with Crippen molar-refractivity contribution in [2.24, 2.45) is 0 Å². The number of ketones is 1. The van der Waals surface area contributed by atoms with E-state index in [2.05, 4.69) is 10.2 Å². The van der Waals surface area contributed by atoms with Crippen LogP contribution in [0.3, 0.4) is 0 Å². The summed E-state index contributed by atoms with van der Waals surface area (Å²) in [6, 6.07) is 8.39. The van der Waals surface area contributed by atoms with E-state index in [9.17, 15) is 9.18 Å².